The van der Waals surface area contributed by atoms with Crippen LogP contribution in [0, 0.1) is 11.8 Å². The van der Waals surface area contributed by atoms with Crippen LogP contribution < -0.4 is 4.90 Å². The summed E-state index contributed by atoms with van der Waals surface area (Å²) in [6.07, 6.45) is 12.3. The molecule has 0 bridgehead atoms. The van der Waals surface area contributed by atoms with E-state index in [1.807, 2.05) is 18.5 Å². The molecule has 3 fully saturated rings. The standard InChI is InChI=1S/C17H26N4/c1-2-5-14(6-3-1)11-21-13-15-12-20(10-7-16(15)21)17-18-8-4-9-19-17/h4,8-9,14-16H,1-3,5-7,10-13H2/t15-,16-/m0/s1. The number of nitrogens with zero attached hydrogens (tertiary/aromatic N) is 4. The molecule has 1 aromatic rings. The van der Waals surface area contributed by atoms with Crippen molar-refractivity contribution in [1.29, 1.82) is 0 Å². The summed E-state index contributed by atoms with van der Waals surface area (Å²) in [7, 11) is 0. The molecule has 21 heavy (non-hydrogen) atoms. The van der Waals surface area contributed by atoms with E-state index in [-0.39, 0.29) is 0 Å². The number of fused-ring (bicyclic) bond motifs is 1. The maximum Gasteiger partial charge on any atom is 0.225 e. The van der Waals surface area contributed by atoms with Crippen LogP contribution in [-0.4, -0.2) is 47.1 Å². The Morgan fingerprint density at radius 3 is 2.57 bits per heavy atom. The third-order valence-corrected chi connectivity index (χ3v) is 5.68. The third kappa shape index (κ3) is 2.78. The molecule has 114 valence electrons. The minimum absolute atomic E-state index is 0.839. The molecule has 1 saturated carbocycles. The van der Waals surface area contributed by atoms with Crippen LogP contribution in [-0.2, 0) is 0 Å². The fourth-order valence-electron chi connectivity index (χ4n) is 4.53. The van der Waals surface area contributed by atoms with Gasteiger partial charge in [-0.2, -0.15) is 0 Å². The van der Waals surface area contributed by atoms with Crippen molar-refractivity contribution in [3.63, 3.8) is 0 Å². The van der Waals surface area contributed by atoms with Gasteiger partial charge in [-0.3, -0.25) is 4.90 Å². The van der Waals surface area contributed by atoms with Crippen LogP contribution in [0.1, 0.15) is 38.5 Å². The van der Waals surface area contributed by atoms with Crippen molar-refractivity contribution in [3.05, 3.63) is 18.5 Å². The second kappa shape index (κ2) is 5.91. The van der Waals surface area contributed by atoms with E-state index in [1.165, 1.54) is 51.6 Å². The van der Waals surface area contributed by atoms with Gasteiger partial charge in [-0.1, -0.05) is 19.3 Å². The number of likely N-dealkylation sites (tertiary alicyclic amines) is 1. The molecule has 0 spiro atoms. The van der Waals surface area contributed by atoms with Gasteiger partial charge in [-0.25, -0.2) is 9.97 Å². The van der Waals surface area contributed by atoms with Crippen LogP contribution in [0.25, 0.3) is 0 Å². The first kappa shape index (κ1) is 13.5. The van der Waals surface area contributed by atoms with E-state index in [9.17, 15) is 0 Å². The Hall–Kier alpha value is -1.16. The van der Waals surface area contributed by atoms with Crippen LogP contribution >= 0.6 is 0 Å². The molecular formula is C17H26N4. The van der Waals surface area contributed by atoms with Crippen LogP contribution in [0.15, 0.2) is 18.5 Å². The minimum atomic E-state index is 0.839. The molecular weight excluding hydrogens is 260 g/mol. The molecule has 0 unspecified atom stereocenters. The van der Waals surface area contributed by atoms with Crippen molar-refractivity contribution in [1.82, 2.24) is 14.9 Å². The highest BCUT2D eigenvalue weighted by molar-refractivity contribution is 5.30. The third-order valence-electron chi connectivity index (χ3n) is 5.68. The molecule has 3 heterocycles. The first-order valence-electron chi connectivity index (χ1n) is 8.66. The quantitative estimate of drug-likeness (QED) is 0.855. The van der Waals surface area contributed by atoms with Crippen LogP contribution in [0.3, 0.4) is 0 Å². The van der Waals surface area contributed by atoms with Crippen LogP contribution in [0.2, 0.25) is 0 Å². The van der Waals surface area contributed by atoms with Gasteiger partial charge >= 0.3 is 0 Å². The maximum atomic E-state index is 4.40. The molecule has 0 aromatic carbocycles. The van der Waals surface area contributed by atoms with Crippen molar-refractivity contribution in [3.8, 4) is 0 Å². The fourth-order valence-corrected chi connectivity index (χ4v) is 4.53. The number of hydrogen-bond donors (Lipinski definition) is 0. The predicted molar refractivity (Wildman–Crippen MR) is 84.3 cm³/mol. The normalized spacial score (nSPS) is 30.8. The average Bonchev–Trinajstić information content (AvgIpc) is 2.54. The molecule has 2 atom stereocenters. The molecule has 4 heteroatoms. The highest BCUT2D eigenvalue weighted by Crippen LogP contribution is 2.35. The second-order valence-corrected chi connectivity index (χ2v) is 7.07. The lowest BCUT2D eigenvalue weighted by molar-refractivity contribution is -0.0138. The summed E-state index contributed by atoms with van der Waals surface area (Å²) in [4.78, 5) is 13.9. The van der Waals surface area contributed by atoms with Gasteiger partial charge in [-0.15, -0.1) is 0 Å². The fraction of sp³-hybridized carbons (Fsp3) is 0.765. The summed E-state index contributed by atoms with van der Waals surface area (Å²) >= 11 is 0. The van der Waals surface area contributed by atoms with Gasteiger partial charge in [0.15, 0.2) is 0 Å². The van der Waals surface area contributed by atoms with Crippen molar-refractivity contribution in [2.45, 2.75) is 44.6 Å². The zero-order chi connectivity index (χ0) is 14.1. The SMILES string of the molecule is c1cnc(N2CC[C@H]3[C@@H](C2)CN3CC2CCCCC2)nc1. The van der Waals surface area contributed by atoms with Crippen molar-refractivity contribution >= 4 is 5.95 Å². The lowest BCUT2D eigenvalue weighted by atomic mass is 9.80. The first-order valence-corrected chi connectivity index (χ1v) is 8.66. The molecule has 4 rings (SSSR count). The Bertz CT molecular complexity index is 457. The molecule has 0 radical (unpaired) electrons. The van der Waals surface area contributed by atoms with Crippen molar-refractivity contribution < 1.29 is 0 Å². The summed E-state index contributed by atoms with van der Waals surface area (Å²) in [6, 6.07) is 2.73. The van der Waals surface area contributed by atoms with Crippen molar-refractivity contribution in [2.75, 3.05) is 31.1 Å². The molecule has 2 saturated heterocycles. The van der Waals surface area contributed by atoms with Gasteiger partial charge in [0.05, 0.1) is 0 Å². The number of anilines is 1. The monoisotopic (exact) mass is 286 g/mol. The summed E-state index contributed by atoms with van der Waals surface area (Å²) in [5.41, 5.74) is 0. The van der Waals surface area contributed by atoms with Gasteiger partial charge in [0.2, 0.25) is 5.95 Å². The molecule has 3 aliphatic rings. The molecule has 1 aliphatic carbocycles. The van der Waals surface area contributed by atoms with E-state index in [0.29, 0.717) is 0 Å². The molecule has 2 aliphatic heterocycles. The van der Waals surface area contributed by atoms with E-state index < -0.39 is 0 Å². The summed E-state index contributed by atoms with van der Waals surface area (Å²) in [5, 5.41) is 0. The lowest BCUT2D eigenvalue weighted by Crippen LogP contribution is -2.64. The number of aromatic nitrogens is 2. The highest BCUT2D eigenvalue weighted by atomic mass is 15.3. The van der Waals surface area contributed by atoms with E-state index >= 15 is 0 Å². The zero-order valence-corrected chi connectivity index (χ0v) is 12.8. The Balaban J connectivity index is 1.30. The Morgan fingerprint density at radius 1 is 1.00 bits per heavy atom. The Kier molecular flexibility index (Phi) is 3.80. The van der Waals surface area contributed by atoms with Gasteiger partial charge in [-0.05, 0) is 31.2 Å². The van der Waals surface area contributed by atoms with E-state index in [4.69, 9.17) is 0 Å². The molecule has 4 nitrogen and oxygen atoms in total. The largest absolute Gasteiger partial charge is 0.340 e. The maximum absolute atomic E-state index is 4.40. The van der Waals surface area contributed by atoms with Gasteiger partial charge in [0, 0.05) is 50.5 Å². The number of rotatable bonds is 3. The molecule has 0 amide bonds. The van der Waals surface area contributed by atoms with Gasteiger partial charge in [0.25, 0.3) is 0 Å². The number of piperidine rings is 1. The van der Waals surface area contributed by atoms with Gasteiger partial charge in [0.1, 0.15) is 0 Å². The van der Waals surface area contributed by atoms with Gasteiger partial charge < -0.3 is 4.90 Å². The lowest BCUT2D eigenvalue weighted by Gasteiger charge is -2.54. The van der Waals surface area contributed by atoms with Crippen molar-refractivity contribution in [2.24, 2.45) is 11.8 Å². The van der Waals surface area contributed by atoms with E-state index in [1.54, 1.807) is 0 Å². The summed E-state index contributed by atoms with van der Waals surface area (Å²) < 4.78 is 0. The average molecular weight is 286 g/mol. The Labute approximate surface area is 127 Å². The predicted octanol–water partition coefficient (Wildman–Crippen LogP) is 2.57. The van der Waals surface area contributed by atoms with E-state index in [2.05, 4.69) is 19.8 Å². The Morgan fingerprint density at radius 2 is 1.81 bits per heavy atom. The second-order valence-electron chi connectivity index (χ2n) is 7.07. The van der Waals surface area contributed by atoms with Crippen LogP contribution in [0.4, 0.5) is 5.95 Å². The first-order chi connectivity index (χ1) is 10.4. The zero-order valence-electron chi connectivity index (χ0n) is 12.8. The minimum Gasteiger partial charge on any atom is -0.340 e. The molecule has 0 N–H and O–H groups in total. The smallest absolute Gasteiger partial charge is 0.225 e. The number of hydrogen-bond acceptors (Lipinski definition) is 4. The topological polar surface area (TPSA) is 32.3 Å². The highest BCUT2D eigenvalue weighted by Gasteiger charge is 2.43. The summed E-state index contributed by atoms with van der Waals surface area (Å²) in [6.45, 7) is 4.93. The summed E-state index contributed by atoms with van der Waals surface area (Å²) in [5.74, 6) is 2.74. The molecule has 1 aromatic heterocycles. The van der Waals surface area contributed by atoms with E-state index in [0.717, 1.165) is 36.9 Å². The van der Waals surface area contributed by atoms with Crippen LogP contribution in [0.5, 0.6) is 0 Å².